The Morgan fingerprint density at radius 1 is 1.30 bits per heavy atom. The zero-order valence-corrected chi connectivity index (χ0v) is 12.7. The van der Waals surface area contributed by atoms with E-state index in [0.29, 0.717) is 6.42 Å². The van der Waals surface area contributed by atoms with E-state index in [1.54, 1.807) is 0 Å². The largest absolute Gasteiger partial charge is 0.480 e. The fraction of sp³-hybridized carbons (Fsp3) is 0.818. The van der Waals surface area contributed by atoms with E-state index < -0.39 is 34.5 Å². The minimum Gasteiger partial charge on any atom is -0.480 e. The molecule has 9 heteroatoms. The summed E-state index contributed by atoms with van der Waals surface area (Å²) in [7, 11) is -3.48. The average Bonchev–Trinajstić information content (AvgIpc) is 2.24. The van der Waals surface area contributed by atoms with Crippen LogP contribution in [0.25, 0.3) is 0 Å². The highest BCUT2D eigenvalue weighted by Gasteiger charge is 2.22. The molecule has 3 N–H and O–H groups in total. The van der Waals surface area contributed by atoms with E-state index in [-0.39, 0.29) is 19.1 Å². The van der Waals surface area contributed by atoms with Crippen LogP contribution in [0, 0.1) is 5.92 Å². The molecule has 118 valence electrons. The highest BCUT2D eigenvalue weighted by Crippen LogP contribution is 2.05. The molecule has 0 fully saturated rings. The number of aliphatic carboxylic acids is 1. The molecule has 0 bridgehead atoms. The number of rotatable bonds is 10. The summed E-state index contributed by atoms with van der Waals surface area (Å²) in [5.41, 5.74) is 0. The van der Waals surface area contributed by atoms with Crippen molar-refractivity contribution in [2.75, 3.05) is 26.0 Å². The Morgan fingerprint density at radius 2 is 1.90 bits per heavy atom. The maximum absolute atomic E-state index is 11.8. The van der Waals surface area contributed by atoms with E-state index in [1.807, 2.05) is 13.8 Å². The Hall–Kier alpha value is -1.19. The van der Waals surface area contributed by atoms with Crippen molar-refractivity contribution in [3.8, 4) is 0 Å². The van der Waals surface area contributed by atoms with Crippen molar-refractivity contribution < 1.29 is 27.9 Å². The lowest BCUT2D eigenvalue weighted by atomic mass is 10.0. The van der Waals surface area contributed by atoms with Crippen LogP contribution >= 0.6 is 0 Å². The van der Waals surface area contributed by atoms with Gasteiger partial charge in [0.05, 0.1) is 12.9 Å². The van der Waals surface area contributed by atoms with Crippen molar-refractivity contribution in [1.82, 2.24) is 10.0 Å². The van der Waals surface area contributed by atoms with Crippen LogP contribution in [0.1, 0.15) is 20.3 Å². The standard InChI is InChI=1S/C11H22N2O6S/c1-8(2)6-9(13-20(3,17)18)11(16)12-4-5-19-7-10(14)15/h8-9,13H,4-7H2,1-3H3,(H,12,16)(H,14,15). The first-order valence-electron chi connectivity index (χ1n) is 6.16. The van der Waals surface area contributed by atoms with Crippen LogP contribution in [0.3, 0.4) is 0 Å². The molecule has 0 aliphatic rings. The fourth-order valence-electron chi connectivity index (χ4n) is 1.47. The summed E-state index contributed by atoms with van der Waals surface area (Å²) in [6.07, 6.45) is 1.36. The summed E-state index contributed by atoms with van der Waals surface area (Å²) in [6.45, 7) is 3.48. The minimum absolute atomic E-state index is 0.0469. The van der Waals surface area contributed by atoms with Crippen LogP contribution in [0.2, 0.25) is 0 Å². The van der Waals surface area contributed by atoms with Gasteiger partial charge in [-0.2, -0.15) is 0 Å². The molecule has 0 spiro atoms. The van der Waals surface area contributed by atoms with E-state index in [2.05, 4.69) is 10.0 Å². The van der Waals surface area contributed by atoms with Crippen molar-refractivity contribution in [3.63, 3.8) is 0 Å². The van der Waals surface area contributed by atoms with Crippen molar-refractivity contribution >= 4 is 21.9 Å². The molecule has 0 rings (SSSR count). The molecule has 0 aliphatic carbocycles. The number of nitrogens with one attached hydrogen (secondary N) is 2. The molecule has 1 atom stereocenters. The number of ether oxygens (including phenoxy) is 1. The molecule has 0 aromatic carbocycles. The fourth-order valence-corrected chi connectivity index (χ4v) is 2.19. The average molecular weight is 310 g/mol. The Morgan fingerprint density at radius 3 is 2.35 bits per heavy atom. The first-order valence-corrected chi connectivity index (χ1v) is 8.05. The van der Waals surface area contributed by atoms with E-state index in [4.69, 9.17) is 9.84 Å². The Labute approximate surface area is 118 Å². The number of carbonyl (C=O) groups is 2. The second-order valence-corrected chi connectivity index (χ2v) is 6.59. The Bertz CT molecular complexity index is 421. The number of carbonyl (C=O) groups excluding carboxylic acids is 1. The Kier molecular flexibility index (Phi) is 8.35. The van der Waals surface area contributed by atoms with Crippen LogP contribution < -0.4 is 10.0 Å². The van der Waals surface area contributed by atoms with Crippen molar-refractivity contribution in [2.24, 2.45) is 5.92 Å². The molecular formula is C11H22N2O6S. The van der Waals surface area contributed by atoms with E-state index >= 15 is 0 Å². The number of carboxylic acid groups (broad SMARTS) is 1. The maximum Gasteiger partial charge on any atom is 0.329 e. The van der Waals surface area contributed by atoms with Crippen LogP contribution in [0.4, 0.5) is 0 Å². The normalized spacial score (nSPS) is 13.2. The zero-order valence-electron chi connectivity index (χ0n) is 11.9. The third kappa shape index (κ3) is 10.7. The number of hydrogen-bond acceptors (Lipinski definition) is 5. The van der Waals surface area contributed by atoms with Crippen molar-refractivity contribution in [2.45, 2.75) is 26.3 Å². The molecular weight excluding hydrogens is 288 g/mol. The summed E-state index contributed by atoms with van der Waals surface area (Å²) in [4.78, 5) is 22.0. The predicted octanol–water partition coefficient (Wildman–Crippen LogP) is -0.832. The third-order valence-corrected chi connectivity index (χ3v) is 2.86. The summed E-state index contributed by atoms with van der Waals surface area (Å²) in [5.74, 6) is -1.40. The Balaban J connectivity index is 4.24. The van der Waals surface area contributed by atoms with Gasteiger partial charge in [-0.25, -0.2) is 17.9 Å². The molecule has 0 aromatic rings. The van der Waals surface area contributed by atoms with Gasteiger partial charge in [-0.15, -0.1) is 0 Å². The zero-order chi connectivity index (χ0) is 15.8. The van der Waals surface area contributed by atoms with Gasteiger partial charge >= 0.3 is 5.97 Å². The monoisotopic (exact) mass is 310 g/mol. The van der Waals surface area contributed by atoms with Gasteiger partial charge in [-0.1, -0.05) is 13.8 Å². The topological polar surface area (TPSA) is 122 Å². The number of carboxylic acids is 1. The summed E-state index contributed by atoms with van der Waals surface area (Å²) >= 11 is 0. The minimum atomic E-state index is -3.48. The van der Waals surface area contributed by atoms with Crippen LogP contribution in [0.15, 0.2) is 0 Å². The molecule has 0 aliphatic heterocycles. The summed E-state index contributed by atoms with van der Waals surface area (Å²) < 4.78 is 29.4. The van der Waals surface area contributed by atoms with Gasteiger partial charge < -0.3 is 15.2 Å². The van der Waals surface area contributed by atoms with Crippen LogP contribution in [0.5, 0.6) is 0 Å². The lowest BCUT2D eigenvalue weighted by Gasteiger charge is -2.19. The third-order valence-electron chi connectivity index (χ3n) is 2.15. The molecule has 8 nitrogen and oxygen atoms in total. The van der Waals surface area contributed by atoms with E-state index in [0.717, 1.165) is 6.26 Å². The maximum atomic E-state index is 11.8. The highest BCUT2D eigenvalue weighted by molar-refractivity contribution is 7.88. The van der Waals surface area contributed by atoms with Crippen LogP contribution in [-0.4, -0.2) is 57.5 Å². The second kappa shape index (κ2) is 8.88. The molecule has 0 aromatic heterocycles. The lowest BCUT2D eigenvalue weighted by molar-refractivity contribution is -0.142. The quantitative estimate of drug-likeness (QED) is 0.453. The van der Waals surface area contributed by atoms with Crippen LogP contribution in [-0.2, 0) is 24.3 Å². The van der Waals surface area contributed by atoms with Crippen molar-refractivity contribution in [1.29, 1.82) is 0 Å². The van der Waals surface area contributed by atoms with E-state index in [1.165, 1.54) is 0 Å². The molecule has 20 heavy (non-hydrogen) atoms. The van der Waals surface area contributed by atoms with Gasteiger partial charge in [0, 0.05) is 6.54 Å². The van der Waals surface area contributed by atoms with Gasteiger partial charge in [-0.05, 0) is 12.3 Å². The highest BCUT2D eigenvalue weighted by atomic mass is 32.2. The predicted molar refractivity (Wildman–Crippen MR) is 72.7 cm³/mol. The molecule has 0 radical (unpaired) electrons. The summed E-state index contributed by atoms with van der Waals surface area (Å²) in [6, 6.07) is -0.843. The van der Waals surface area contributed by atoms with Gasteiger partial charge in [0.2, 0.25) is 15.9 Å². The molecule has 1 unspecified atom stereocenters. The summed E-state index contributed by atoms with van der Waals surface area (Å²) in [5, 5.41) is 10.8. The van der Waals surface area contributed by atoms with Gasteiger partial charge in [0.25, 0.3) is 0 Å². The molecule has 0 heterocycles. The van der Waals surface area contributed by atoms with Gasteiger partial charge in [-0.3, -0.25) is 4.79 Å². The van der Waals surface area contributed by atoms with Gasteiger partial charge in [0.1, 0.15) is 12.6 Å². The lowest BCUT2D eigenvalue weighted by Crippen LogP contribution is -2.47. The molecule has 0 saturated heterocycles. The number of hydrogen-bond donors (Lipinski definition) is 3. The first kappa shape index (κ1) is 18.8. The van der Waals surface area contributed by atoms with E-state index in [9.17, 15) is 18.0 Å². The molecule has 1 amide bonds. The first-order chi connectivity index (χ1) is 9.11. The number of sulfonamides is 1. The SMILES string of the molecule is CC(C)CC(NS(C)(=O)=O)C(=O)NCCOCC(=O)O. The molecule has 0 saturated carbocycles. The van der Waals surface area contributed by atoms with Crippen molar-refractivity contribution in [3.05, 3.63) is 0 Å². The second-order valence-electron chi connectivity index (χ2n) is 4.81. The smallest absolute Gasteiger partial charge is 0.329 e. The number of amides is 1. The van der Waals surface area contributed by atoms with Gasteiger partial charge in [0.15, 0.2) is 0 Å².